The molecule has 3 rings (SSSR count). The molecule has 130 valence electrons. The van der Waals surface area contributed by atoms with Gasteiger partial charge in [-0.3, -0.25) is 9.58 Å². The average Bonchev–Trinajstić information content (AvgIpc) is 3.20. The maximum atomic E-state index is 12.4. The number of thiophene rings is 1. The van der Waals surface area contributed by atoms with E-state index >= 15 is 0 Å². The summed E-state index contributed by atoms with van der Waals surface area (Å²) in [6.07, 6.45) is 3.66. The van der Waals surface area contributed by atoms with Gasteiger partial charge >= 0.3 is 6.03 Å². The van der Waals surface area contributed by atoms with Crippen LogP contribution in [0.25, 0.3) is 0 Å². The first-order chi connectivity index (χ1) is 11.6. The maximum absolute atomic E-state index is 12.4. The molecule has 24 heavy (non-hydrogen) atoms. The lowest BCUT2D eigenvalue weighted by Crippen LogP contribution is -2.53. The van der Waals surface area contributed by atoms with E-state index in [4.69, 9.17) is 0 Å². The summed E-state index contributed by atoms with van der Waals surface area (Å²) in [5.41, 5.74) is 0. The lowest BCUT2D eigenvalue weighted by atomic mass is 10.3. The predicted molar refractivity (Wildman–Crippen MR) is 99.1 cm³/mol. The summed E-state index contributed by atoms with van der Waals surface area (Å²) in [5.74, 6) is 0. The Hall–Kier alpha value is -1.38. The van der Waals surface area contributed by atoms with Crippen LogP contribution in [0.5, 0.6) is 0 Å². The highest BCUT2D eigenvalue weighted by Gasteiger charge is 2.22. The first kappa shape index (κ1) is 17.4. The van der Waals surface area contributed by atoms with Crippen LogP contribution in [-0.4, -0.2) is 57.8 Å². The van der Waals surface area contributed by atoms with Gasteiger partial charge in [-0.1, -0.05) is 0 Å². The van der Waals surface area contributed by atoms with Gasteiger partial charge in [0.15, 0.2) is 0 Å². The van der Waals surface area contributed by atoms with Crippen LogP contribution in [-0.2, 0) is 13.1 Å². The van der Waals surface area contributed by atoms with Gasteiger partial charge < -0.3 is 10.2 Å². The third kappa shape index (κ3) is 4.81. The minimum atomic E-state index is 0.0215. The molecule has 0 radical (unpaired) electrons. The summed E-state index contributed by atoms with van der Waals surface area (Å²) in [4.78, 5) is 18.0. The molecule has 2 aromatic heterocycles. The topological polar surface area (TPSA) is 53.4 Å². The van der Waals surface area contributed by atoms with E-state index in [1.807, 2.05) is 28.8 Å². The molecule has 1 N–H and O–H groups in total. The molecule has 1 aliphatic heterocycles. The number of nitrogens with zero attached hydrogens (tertiary/aromatic N) is 4. The lowest BCUT2D eigenvalue weighted by Gasteiger charge is -2.35. The molecule has 0 aromatic carbocycles. The van der Waals surface area contributed by atoms with Crippen LogP contribution >= 0.6 is 27.3 Å². The van der Waals surface area contributed by atoms with Gasteiger partial charge in [0.1, 0.15) is 0 Å². The molecule has 3 heterocycles. The Morgan fingerprint density at radius 3 is 2.79 bits per heavy atom. The fourth-order valence-electron chi connectivity index (χ4n) is 2.80. The zero-order valence-electron chi connectivity index (χ0n) is 13.7. The molecule has 8 heteroatoms. The van der Waals surface area contributed by atoms with Crippen molar-refractivity contribution in [2.45, 2.75) is 26.1 Å². The summed E-state index contributed by atoms with van der Waals surface area (Å²) in [7, 11) is 0. The highest BCUT2D eigenvalue weighted by molar-refractivity contribution is 9.11. The Morgan fingerprint density at radius 2 is 2.17 bits per heavy atom. The monoisotopic (exact) mass is 411 g/mol. The molecule has 0 spiro atoms. The van der Waals surface area contributed by atoms with Gasteiger partial charge in [0.2, 0.25) is 0 Å². The molecular weight excluding hydrogens is 390 g/mol. The smallest absolute Gasteiger partial charge is 0.317 e. The number of carbonyl (C=O) groups is 1. The third-order valence-electron chi connectivity index (χ3n) is 4.06. The number of nitrogens with one attached hydrogen (secondary N) is 1. The summed E-state index contributed by atoms with van der Waals surface area (Å²) >= 11 is 5.27. The summed E-state index contributed by atoms with van der Waals surface area (Å²) < 4.78 is 3.00. The Bertz CT molecular complexity index is 651. The third-order valence-corrected chi connectivity index (χ3v) is 5.67. The zero-order chi connectivity index (χ0) is 16.9. The van der Waals surface area contributed by atoms with Crippen molar-refractivity contribution in [2.75, 3.05) is 26.2 Å². The Labute approximate surface area is 154 Å². The van der Waals surface area contributed by atoms with Crippen molar-refractivity contribution in [3.05, 3.63) is 39.3 Å². The van der Waals surface area contributed by atoms with E-state index in [2.05, 4.69) is 43.4 Å². The van der Waals surface area contributed by atoms with Crippen LogP contribution in [0.4, 0.5) is 4.79 Å². The van der Waals surface area contributed by atoms with Gasteiger partial charge in [0, 0.05) is 56.0 Å². The van der Waals surface area contributed by atoms with Crippen LogP contribution in [0.2, 0.25) is 0 Å². The zero-order valence-corrected chi connectivity index (χ0v) is 16.1. The van der Waals surface area contributed by atoms with E-state index in [-0.39, 0.29) is 12.1 Å². The second kappa shape index (κ2) is 8.13. The van der Waals surface area contributed by atoms with Crippen LogP contribution in [0.15, 0.2) is 34.4 Å². The lowest BCUT2D eigenvalue weighted by molar-refractivity contribution is 0.133. The number of halogens is 1. The molecule has 2 amide bonds. The summed E-state index contributed by atoms with van der Waals surface area (Å²) in [5, 5.41) is 7.23. The minimum absolute atomic E-state index is 0.0215. The number of hydrogen-bond acceptors (Lipinski definition) is 4. The molecule has 0 aliphatic carbocycles. The number of piperazine rings is 1. The first-order valence-electron chi connectivity index (χ1n) is 8.09. The van der Waals surface area contributed by atoms with Crippen LogP contribution in [0, 0.1) is 0 Å². The number of amides is 2. The maximum Gasteiger partial charge on any atom is 0.317 e. The number of rotatable bonds is 5. The van der Waals surface area contributed by atoms with Crippen molar-refractivity contribution in [3.63, 3.8) is 0 Å². The van der Waals surface area contributed by atoms with Gasteiger partial charge in [-0.25, -0.2) is 4.79 Å². The number of carbonyl (C=O) groups excluding carboxylic acids is 1. The van der Waals surface area contributed by atoms with Gasteiger partial charge in [0.05, 0.1) is 10.3 Å². The summed E-state index contributed by atoms with van der Waals surface area (Å²) in [6, 6.07) is 6.21. The van der Waals surface area contributed by atoms with Crippen LogP contribution in [0.1, 0.15) is 11.8 Å². The van der Waals surface area contributed by atoms with Crippen molar-refractivity contribution < 1.29 is 4.79 Å². The SMILES string of the molecule is CC(Cn1cccn1)NC(=O)N1CCN(Cc2ccc(Br)s2)CC1. The van der Waals surface area contributed by atoms with E-state index in [0.29, 0.717) is 6.54 Å². The van der Waals surface area contributed by atoms with Gasteiger partial charge in [-0.15, -0.1) is 11.3 Å². The standard InChI is InChI=1S/C16H22BrN5OS/c1-13(11-22-6-2-5-18-22)19-16(23)21-9-7-20(8-10-21)12-14-3-4-15(17)24-14/h2-6,13H,7-12H2,1H3,(H,19,23). The molecule has 2 aromatic rings. The number of aromatic nitrogens is 2. The second-order valence-electron chi connectivity index (χ2n) is 6.05. The van der Waals surface area contributed by atoms with E-state index in [0.717, 1.165) is 32.7 Å². The van der Waals surface area contributed by atoms with Gasteiger partial charge in [-0.2, -0.15) is 5.10 Å². The Morgan fingerprint density at radius 1 is 1.38 bits per heavy atom. The molecule has 0 bridgehead atoms. The fourth-order valence-corrected chi connectivity index (χ4v) is 4.33. The van der Waals surface area contributed by atoms with E-state index in [1.165, 1.54) is 8.66 Å². The van der Waals surface area contributed by atoms with Crippen molar-refractivity contribution in [1.29, 1.82) is 0 Å². The molecule has 1 aliphatic rings. The largest absolute Gasteiger partial charge is 0.334 e. The molecule has 6 nitrogen and oxygen atoms in total. The molecule has 1 saturated heterocycles. The molecule has 1 atom stereocenters. The Balaban J connectivity index is 1.41. The van der Waals surface area contributed by atoms with E-state index < -0.39 is 0 Å². The summed E-state index contributed by atoms with van der Waals surface area (Å²) in [6.45, 7) is 7.02. The van der Waals surface area contributed by atoms with Crippen LogP contribution in [0.3, 0.4) is 0 Å². The highest BCUT2D eigenvalue weighted by Crippen LogP contribution is 2.23. The minimum Gasteiger partial charge on any atom is -0.334 e. The van der Waals surface area contributed by atoms with E-state index in [9.17, 15) is 4.79 Å². The second-order valence-corrected chi connectivity index (χ2v) is 8.60. The van der Waals surface area contributed by atoms with Crippen LogP contribution < -0.4 is 5.32 Å². The van der Waals surface area contributed by atoms with Crippen molar-refractivity contribution >= 4 is 33.3 Å². The fraction of sp³-hybridized carbons (Fsp3) is 0.500. The van der Waals surface area contributed by atoms with E-state index in [1.54, 1.807) is 17.5 Å². The van der Waals surface area contributed by atoms with Crippen molar-refractivity contribution in [3.8, 4) is 0 Å². The highest BCUT2D eigenvalue weighted by atomic mass is 79.9. The quantitative estimate of drug-likeness (QED) is 0.822. The van der Waals surface area contributed by atoms with Gasteiger partial charge in [-0.05, 0) is 41.1 Å². The predicted octanol–water partition coefficient (Wildman–Crippen LogP) is 2.62. The number of urea groups is 1. The average molecular weight is 412 g/mol. The van der Waals surface area contributed by atoms with Crippen molar-refractivity contribution in [1.82, 2.24) is 24.9 Å². The normalized spacial score (nSPS) is 17.0. The molecule has 0 saturated carbocycles. The first-order valence-corrected chi connectivity index (χ1v) is 9.70. The molecular formula is C16H22BrN5OS. The number of hydrogen-bond donors (Lipinski definition) is 1. The van der Waals surface area contributed by atoms with Crippen molar-refractivity contribution in [2.24, 2.45) is 0 Å². The Kier molecular flexibility index (Phi) is 5.91. The van der Waals surface area contributed by atoms with Gasteiger partial charge in [0.25, 0.3) is 0 Å². The molecule has 1 unspecified atom stereocenters. The molecule has 1 fully saturated rings.